The van der Waals surface area contributed by atoms with Crippen molar-refractivity contribution in [2.24, 2.45) is 0 Å². The fourth-order valence-corrected chi connectivity index (χ4v) is 5.30. The molecule has 0 spiro atoms. The highest BCUT2D eigenvalue weighted by atomic mass is 31.2. The molecular weight excluding hydrogens is 384 g/mol. The van der Waals surface area contributed by atoms with Crippen molar-refractivity contribution in [2.45, 2.75) is 84.5 Å². The van der Waals surface area contributed by atoms with Gasteiger partial charge in [0.15, 0.2) is 0 Å². The van der Waals surface area contributed by atoms with Crippen LogP contribution in [0.3, 0.4) is 0 Å². The number of amides is 1. The van der Waals surface area contributed by atoms with Gasteiger partial charge in [0.05, 0.1) is 37.8 Å². The molecule has 0 bridgehead atoms. The lowest BCUT2D eigenvalue weighted by molar-refractivity contribution is -0.133. The molecule has 0 aromatic rings. The van der Waals surface area contributed by atoms with Gasteiger partial charge in [-0.2, -0.15) is 5.26 Å². The summed E-state index contributed by atoms with van der Waals surface area (Å²) in [6, 6.07) is 2.49. The van der Waals surface area contributed by atoms with Crippen molar-refractivity contribution in [1.82, 2.24) is 9.57 Å². The predicted molar refractivity (Wildman–Crippen MR) is 111 cm³/mol. The van der Waals surface area contributed by atoms with Crippen molar-refractivity contribution in [2.75, 3.05) is 19.8 Å². The Morgan fingerprint density at radius 1 is 1.37 bits per heavy atom. The zero-order valence-corrected chi connectivity index (χ0v) is 19.3. The number of nitriles is 1. The first-order valence-corrected chi connectivity index (χ1v) is 11.3. The van der Waals surface area contributed by atoms with E-state index in [4.69, 9.17) is 18.8 Å². The Balaban J connectivity index is 2.93. The van der Waals surface area contributed by atoms with Gasteiger partial charge in [-0.15, -0.1) is 0 Å². The number of hydrogen-bond donors (Lipinski definition) is 0. The summed E-state index contributed by atoms with van der Waals surface area (Å²) in [4.78, 5) is 14.3. The van der Waals surface area contributed by atoms with Crippen LogP contribution in [0.2, 0.25) is 0 Å². The normalized spacial score (nSPS) is 21.3. The monoisotopic (exact) mass is 419 g/mol. The minimum Gasteiger partial charge on any atom is -0.363 e. The Morgan fingerprint density at radius 2 is 2.04 bits per heavy atom. The van der Waals surface area contributed by atoms with Crippen molar-refractivity contribution in [3.8, 4) is 6.07 Å². The highest BCUT2D eigenvalue weighted by Crippen LogP contribution is 2.49. The van der Waals surface area contributed by atoms with E-state index in [-0.39, 0.29) is 30.1 Å². The van der Waals surface area contributed by atoms with Crippen LogP contribution >= 0.6 is 18.0 Å². The van der Waals surface area contributed by atoms with Crippen LogP contribution in [-0.4, -0.2) is 59.5 Å². The molecule has 0 radical (unpaired) electrons. The second kappa shape index (κ2) is 13.0. The van der Waals surface area contributed by atoms with Gasteiger partial charge in [0.25, 0.3) is 8.53 Å². The van der Waals surface area contributed by atoms with Gasteiger partial charge < -0.3 is 18.5 Å². The SMILES string of the molecule is CCCC(=O)N1CC[C@@H](OP(OCCC#N)N(C(C)C)C(C)C)[C@@H]1COP. The third-order valence-corrected chi connectivity index (χ3v) is 6.77. The molecule has 27 heavy (non-hydrogen) atoms. The first-order chi connectivity index (χ1) is 12.9. The lowest BCUT2D eigenvalue weighted by atomic mass is 10.2. The van der Waals surface area contributed by atoms with E-state index in [9.17, 15) is 4.79 Å². The summed E-state index contributed by atoms with van der Waals surface area (Å²) in [7, 11) is 0.937. The number of carbonyl (C=O) groups excluding carboxylic acids is 1. The Hall–Kier alpha value is -0.340. The van der Waals surface area contributed by atoms with Gasteiger partial charge in [0.2, 0.25) is 5.91 Å². The summed E-state index contributed by atoms with van der Waals surface area (Å²) in [6.07, 6.45) is 2.32. The molecule has 9 heteroatoms. The molecule has 1 aliphatic heterocycles. The summed E-state index contributed by atoms with van der Waals surface area (Å²) in [6.45, 7) is 11.9. The summed E-state index contributed by atoms with van der Waals surface area (Å²) >= 11 is 0. The topological polar surface area (TPSA) is 75.0 Å². The molecule has 0 N–H and O–H groups in total. The second-order valence-electron chi connectivity index (χ2n) is 7.22. The van der Waals surface area contributed by atoms with Gasteiger partial charge in [0, 0.05) is 34.5 Å². The van der Waals surface area contributed by atoms with Crippen LogP contribution in [0.4, 0.5) is 0 Å². The molecule has 1 aliphatic rings. The van der Waals surface area contributed by atoms with Crippen LogP contribution in [0.15, 0.2) is 0 Å². The van der Waals surface area contributed by atoms with Crippen LogP contribution in [-0.2, 0) is 18.4 Å². The molecule has 0 saturated carbocycles. The van der Waals surface area contributed by atoms with E-state index in [1.165, 1.54) is 0 Å². The minimum absolute atomic E-state index is 0.118. The van der Waals surface area contributed by atoms with Gasteiger partial charge in [-0.25, -0.2) is 4.67 Å². The molecule has 0 aromatic carbocycles. The molecule has 0 aromatic heterocycles. The van der Waals surface area contributed by atoms with E-state index in [2.05, 4.69) is 47.9 Å². The maximum absolute atomic E-state index is 12.5. The van der Waals surface area contributed by atoms with Gasteiger partial charge in [0.1, 0.15) is 0 Å². The highest BCUT2D eigenvalue weighted by molar-refractivity contribution is 7.44. The van der Waals surface area contributed by atoms with E-state index in [0.29, 0.717) is 32.6 Å². The molecule has 1 saturated heterocycles. The zero-order chi connectivity index (χ0) is 20.4. The summed E-state index contributed by atoms with van der Waals surface area (Å²) in [5, 5.41) is 8.84. The fraction of sp³-hybridized carbons (Fsp3) is 0.889. The molecular formula is C18H35N3O4P2. The first-order valence-electron chi connectivity index (χ1n) is 9.73. The van der Waals surface area contributed by atoms with Crippen molar-refractivity contribution < 1.29 is 18.4 Å². The molecule has 7 nitrogen and oxygen atoms in total. The van der Waals surface area contributed by atoms with Crippen LogP contribution in [0.5, 0.6) is 0 Å². The lowest BCUT2D eigenvalue weighted by Crippen LogP contribution is -2.43. The van der Waals surface area contributed by atoms with Crippen molar-refractivity contribution in [3.63, 3.8) is 0 Å². The van der Waals surface area contributed by atoms with Gasteiger partial charge >= 0.3 is 0 Å². The standard InChI is InChI=1S/C18H35N3O4P2/c1-6-8-18(22)20-11-9-17(16(20)13-23-26)25-27(24-12-7-10-19)21(14(2)3)15(4)5/h14-17H,6-9,11-13,26H2,1-5H3/t16-,17+,27?/m0/s1. The molecule has 156 valence electrons. The number of likely N-dealkylation sites (tertiary alicyclic amines) is 1. The smallest absolute Gasteiger partial charge is 0.259 e. The van der Waals surface area contributed by atoms with Crippen LogP contribution in [0, 0.1) is 11.3 Å². The first kappa shape index (κ1) is 24.7. The third kappa shape index (κ3) is 7.54. The summed E-state index contributed by atoms with van der Waals surface area (Å²) in [5.41, 5.74) is 0. The van der Waals surface area contributed by atoms with E-state index in [1.54, 1.807) is 0 Å². The molecule has 1 amide bonds. The van der Waals surface area contributed by atoms with E-state index in [0.717, 1.165) is 12.8 Å². The maximum Gasteiger partial charge on any atom is 0.259 e. The van der Waals surface area contributed by atoms with E-state index in [1.807, 2.05) is 11.8 Å². The number of hydrogen-bond acceptors (Lipinski definition) is 6. The molecule has 1 heterocycles. The van der Waals surface area contributed by atoms with Crippen molar-refractivity contribution >= 4 is 23.9 Å². The molecule has 0 aliphatic carbocycles. The Labute approximate surface area is 167 Å². The third-order valence-electron chi connectivity index (χ3n) is 4.42. The van der Waals surface area contributed by atoms with Crippen molar-refractivity contribution in [1.29, 1.82) is 5.26 Å². The zero-order valence-electron chi connectivity index (χ0n) is 17.3. The Bertz CT molecular complexity index is 480. The lowest BCUT2D eigenvalue weighted by Gasteiger charge is -2.38. The molecule has 1 fully saturated rings. The average Bonchev–Trinajstić information content (AvgIpc) is 2.97. The molecule has 4 atom stereocenters. The second-order valence-corrected chi connectivity index (χ2v) is 8.96. The minimum atomic E-state index is -1.33. The average molecular weight is 419 g/mol. The Kier molecular flexibility index (Phi) is 11.9. The van der Waals surface area contributed by atoms with E-state index < -0.39 is 8.53 Å². The summed E-state index contributed by atoms with van der Waals surface area (Å²) < 4.78 is 20.0. The maximum atomic E-state index is 12.5. The largest absolute Gasteiger partial charge is 0.363 e. The number of carbonyl (C=O) groups is 1. The van der Waals surface area contributed by atoms with Gasteiger partial charge in [-0.3, -0.25) is 4.79 Å². The molecule has 2 unspecified atom stereocenters. The van der Waals surface area contributed by atoms with E-state index >= 15 is 0 Å². The van der Waals surface area contributed by atoms with Gasteiger partial charge in [-0.1, -0.05) is 6.92 Å². The molecule has 1 rings (SSSR count). The predicted octanol–water partition coefficient (Wildman–Crippen LogP) is 3.86. The highest BCUT2D eigenvalue weighted by Gasteiger charge is 2.41. The number of rotatable bonds is 12. The van der Waals surface area contributed by atoms with Crippen molar-refractivity contribution in [3.05, 3.63) is 0 Å². The van der Waals surface area contributed by atoms with Gasteiger partial charge in [-0.05, 0) is 40.5 Å². The number of nitrogens with zero attached hydrogens (tertiary/aromatic N) is 3. The quantitative estimate of drug-likeness (QED) is 0.353. The van der Waals surface area contributed by atoms with Crippen LogP contribution in [0.25, 0.3) is 0 Å². The fourth-order valence-electron chi connectivity index (χ4n) is 3.32. The summed E-state index contributed by atoms with van der Waals surface area (Å²) in [5.74, 6) is 0.148. The Morgan fingerprint density at radius 3 is 2.56 bits per heavy atom. The van der Waals surface area contributed by atoms with Crippen LogP contribution in [0.1, 0.15) is 60.3 Å². The van der Waals surface area contributed by atoms with Crippen LogP contribution < -0.4 is 0 Å².